The number of fused-ring (bicyclic) bond motifs is 1. The van der Waals surface area contributed by atoms with E-state index in [1.807, 2.05) is 12.1 Å². The van der Waals surface area contributed by atoms with Crippen LogP contribution in [-0.2, 0) is 22.9 Å². The fourth-order valence-corrected chi connectivity index (χ4v) is 6.37. The second-order valence-electron chi connectivity index (χ2n) is 10.1. The summed E-state index contributed by atoms with van der Waals surface area (Å²) < 4.78 is 62.9. The van der Waals surface area contributed by atoms with E-state index >= 15 is 0 Å². The topological polar surface area (TPSA) is 79.4 Å². The fraction of sp³-hybridized carbons (Fsp3) is 0.556. The number of rotatable bonds is 8. The van der Waals surface area contributed by atoms with Crippen LogP contribution < -0.4 is 5.32 Å². The summed E-state index contributed by atoms with van der Waals surface area (Å²) >= 11 is 0. The SMILES string of the molecule is CC[C@H]1c2ccc(C(=O)NCc3ccc(S(=O)(=O)CC)cn3)cc2CN1CC1CCC(C(F)(F)F)CC1. The molecule has 1 N–H and O–H groups in total. The van der Waals surface area contributed by atoms with Crippen molar-refractivity contribution in [3.05, 3.63) is 58.9 Å². The van der Waals surface area contributed by atoms with Crippen molar-refractivity contribution in [1.82, 2.24) is 15.2 Å². The lowest BCUT2D eigenvalue weighted by atomic mass is 9.81. The molecule has 0 radical (unpaired) electrons. The van der Waals surface area contributed by atoms with E-state index in [2.05, 4.69) is 22.1 Å². The summed E-state index contributed by atoms with van der Waals surface area (Å²) in [6, 6.07) is 8.99. The van der Waals surface area contributed by atoms with Crippen LogP contribution in [0.3, 0.4) is 0 Å². The number of nitrogens with zero attached hydrogens (tertiary/aromatic N) is 2. The quantitative estimate of drug-likeness (QED) is 0.485. The van der Waals surface area contributed by atoms with Gasteiger partial charge in [-0.25, -0.2) is 8.42 Å². The number of carbonyl (C=O) groups is 1. The number of halogens is 3. The summed E-state index contributed by atoms with van der Waals surface area (Å²) in [4.78, 5) is 19.5. The van der Waals surface area contributed by atoms with E-state index in [9.17, 15) is 26.4 Å². The van der Waals surface area contributed by atoms with Gasteiger partial charge < -0.3 is 5.32 Å². The third-order valence-corrected chi connectivity index (χ3v) is 9.45. The molecular formula is C27H34F3N3O3S. The Balaban J connectivity index is 1.35. The van der Waals surface area contributed by atoms with Crippen LogP contribution >= 0.6 is 0 Å². The molecule has 6 nitrogen and oxygen atoms in total. The average Bonchev–Trinajstić information content (AvgIpc) is 3.23. The number of amides is 1. The highest BCUT2D eigenvalue weighted by atomic mass is 32.2. The molecule has 1 aromatic heterocycles. The molecule has 1 aromatic carbocycles. The van der Waals surface area contributed by atoms with Crippen LogP contribution in [0.25, 0.3) is 0 Å². The van der Waals surface area contributed by atoms with Crippen LogP contribution in [0.5, 0.6) is 0 Å². The number of benzene rings is 1. The normalized spacial score (nSPS) is 22.6. The maximum atomic E-state index is 13.0. The van der Waals surface area contributed by atoms with Gasteiger partial charge in [0.05, 0.1) is 28.8 Å². The first kappa shape index (κ1) is 27.6. The lowest BCUT2D eigenvalue weighted by Gasteiger charge is -2.34. The van der Waals surface area contributed by atoms with Crippen molar-refractivity contribution in [3.63, 3.8) is 0 Å². The van der Waals surface area contributed by atoms with Gasteiger partial charge in [0, 0.05) is 30.9 Å². The molecule has 1 atom stereocenters. The van der Waals surface area contributed by atoms with Crippen LogP contribution in [-0.4, -0.2) is 42.7 Å². The minimum absolute atomic E-state index is 0.00140. The monoisotopic (exact) mass is 537 g/mol. The van der Waals surface area contributed by atoms with Crippen molar-refractivity contribution in [2.45, 2.75) is 76.2 Å². The zero-order valence-corrected chi connectivity index (χ0v) is 22.0. The molecule has 2 aromatic rings. The number of aromatic nitrogens is 1. The summed E-state index contributed by atoms with van der Waals surface area (Å²) in [6.45, 7) is 5.31. The molecule has 1 aliphatic heterocycles. The second kappa shape index (κ2) is 11.1. The van der Waals surface area contributed by atoms with Gasteiger partial charge in [0.1, 0.15) is 0 Å². The molecule has 10 heteroatoms. The Morgan fingerprint density at radius 1 is 1.11 bits per heavy atom. The highest BCUT2D eigenvalue weighted by Crippen LogP contribution is 2.42. The largest absolute Gasteiger partial charge is 0.391 e. The third kappa shape index (κ3) is 6.34. The molecule has 2 heterocycles. The van der Waals surface area contributed by atoms with Crippen LogP contribution in [0, 0.1) is 11.8 Å². The molecule has 1 aliphatic carbocycles. The van der Waals surface area contributed by atoms with Crippen LogP contribution in [0.2, 0.25) is 0 Å². The number of sulfone groups is 1. The van der Waals surface area contributed by atoms with Gasteiger partial charge in [0.25, 0.3) is 5.91 Å². The van der Waals surface area contributed by atoms with Gasteiger partial charge in [-0.3, -0.25) is 14.7 Å². The minimum Gasteiger partial charge on any atom is -0.346 e. The first-order valence-corrected chi connectivity index (χ1v) is 14.6. The number of hydrogen-bond donors (Lipinski definition) is 1. The van der Waals surface area contributed by atoms with Crippen molar-refractivity contribution in [3.8, 4) is 0 Å². The fourth-order valence-electron chi connectivity index (χ4n) is 5.55. The van der Waals surface area contributed by atoms with E-state index < -0.39 is 21.9 Å². The number of carbonyl (C=O) groups excluding carboxylic acids is 1. The molecule has 0 saturated heterocycles. The molecule has 1 saturated carbocycles. The summed E-state index contributed by atoms with van der Waals surface area (Å²) in [5.41, 5.74) is 3.35. The predicted molar refractivity (Wildman–Crippen MR) is 135 cm³/mol. The molecule has 0 unspecified atom stereocenters. The molecule has 1 amide bonds. The van der Waals surface area contributed by atoms with E-state index in [-0.39, 0.29) is 47.9 Å². The van der Waals surface area contributed by atoms with E-state index in [1.165, 1.54) is 17.8 Å². The first-order chi connectivity index (χ1) is 17.5. The summed E-state index contributed by atoms with van der Waals surface area (Å²) in [6.07, 6.45) is -0.269. The summed E-state index contributed by atoms with van der Waals surface area (Å²) in [7, 11) is -3.32. The van der Waals surface area contributed by atoms with E-state index in [0.29, 0.717) is 30.6 Å². The van der Waals surface area contributed by atoms with Crippen molar-refractivity contribution < 1.29 is 26.4 Å². The molecule has 202 valence electrons. The number of alkyl halides is 3. The minimum atomic E-state index is -4.09. The molecule has 1 fully saturated rings. The zero-order chi connectivity index (χ0) is 26.8. The van der Waals surface area contributed by atoms with Crippen LogP contribution in [0.1, 0.15) is 79.2 Å². The molecule has 2 aliphatic rings. The lowest BCUT2D eigenvalue weighted by molar-refractivity contribution is -0.184. The van der Waals surface area contributed by atoms with Crippen molar-refractivity contribution in [2.24, 2.45) is 11.8 Å². The first-order valence-electron chi connectivity index (χ1n) is 12.9. The van der Waals surface area contributed by atoms with Gasteiger partial charge in [0.15, 0.2) is 9.84 Å². The number of pyridine rings is 1. The summed E-state index contributed by atoms with van der Waals surface area (Å²) in [5.74, 6) is -1.15. The Kier molecular flexibility index (Phi) is 8.28. The zero-order valence-electron chi connectivity index (χ0n) is 21.2. The van der Waals surface area contributed by atoms with Crippen LogP contribution in [0.4, 0.5) is 13.2 Å². The van der Waals surface area contributed by atoms with E-state index in [0.717, 1.165) is 18.5 Å². The van der Waals surface area contributed by atoms with Gasteiger partial charge in [-0.2, -0.15) is 13.2 Å². The molecule has 0 spiro atoms. The Bertz CT molecular complexity index is 1210. The van der Waals surface area contributed by atoms with Crippen molar-refractivity contribution in [2.75, 3.05) is 12.3 Å². The van der Waals surface area contributed by atoms with Gasteiger partial charge >= 0.3 is 6.18 Å². The Labute approximate surface area is 216 Å². The van der Waals surface area contributed by atoms with Crippen molar-refractivity contribution in [1.29, 1.82) is 0 Å². The van der Waals surface area contributed by atoms with Gasteiger partial charge in [0.2, 0.25) is 0 Å². The van der Waals surface area contributed by atoms with E-state index in [1.54, 1.807) is 19.1 Å². The number of nitrogens with one attached hydrogen (secondary N) is 1. The maximum Gasteiger partial charge on any atom is 0.391 e. The second-order valence-corrected chi connectivity index (χ2v) is 12.4. The Hall–Kier alpha value is -2.46. The average molecular weight is 538 g/mol. The van der Waals surface area contributed by atoms with Gasteiger partial charge in [-0.05, 0) is 73.4 Å². The highest BCUT2D eigenvalue weighted by molar-refractivity contribution is 7.91. The third-order valence-electron chi connectivity index (χ3n) is 7.73. The van der Waals surface area contributed by atoms with Gasteiger partial charge in [-0.1, -0.05) is 19.9 Å². The number of hydrogen-bond acceptors (Lipinski definition) is 5. The standard InChI is InChI=1S/C27H34F3N3O3S/c1-3-25-24-12-7-19(26(34)32-14-22-10-11-23(15-31-22)37(35,36)4-2)13-20(24)17-33(25)16-18-5-8-21(9-6-18)27(28,29)30/h7,10-13,15,18,21,25H,3-6,8-9,14,16-17H2,1-2H3,(H,32,34)/t18?,21?,25-/m0/s1. The molecule has 4 rings (SSSR count). The molecule has 0 bridgehead atoms. The summed E-state index contributed by atoms with van der Waals surface area (Å²) in [5, 5.41) is 2.84. The lowest BCUT2D eigenvalue weighted by Crippen LogP contribution is -2.33. The Morgan fingerprint density at radius 3 is 2.43 bits per heavy atom. The smallest absolute Gasteiger partial charge is 0.346 e. The predicted octanol–water partition coefficient (Wildman–Crippen LogP) is 5.44. The highest BCUT2D eigenvalue weighted by Gasteiger charge is 2.42. The Morgan fingerprint density at radius 2 is 1.84 bits per heavy atom. The van der Waals surface area contributed by atoms with Gasteiger partial charge in [-0.15, -0.1) is 0 Å². The molecular weight excluding hydrogens is 503 g/mol. The van der Waals surface area contributed by atoms with Crippen molar-refractivity contribution >= 4 is 15.7 Å². The van der Waals surface area contributed by atoms with E-state index in [4.69, 9.17) is 0 Å². The molecule has 37 heavy (non-hydrogen) atoms. The maximum absolute atomic E-state index is 13.0. The van der Waals surface area contributed by atoms with Crippen LogP contribution in [0.15, 0.2) is 41.4 Å².